The van der Waals surface area contributed by atoms with Crippen molar-refractivity contribution in [2.75, 3.05) is 6.61 Å². The Morgan fingerprint density at radius 2 is 2.18 bits per heavy atom. The molecule has 0 amide bonds. The second-order valence-corrected chi connectivity index (χ2v) is 5.89. The average Bonchev–Trinajstić information content (AvgIpc) is 2.43. The van der Waals surface area contributed by atoms with E-state index in [-0.39, 0.29) is 5.60 Å². The first-order valence-electron chi connectivity index (χ1n) is 6.99. The molecule has 1 N–H and O–H groups in total. The first-order chi connectivity index (χ1) is 10.4. The first kappa shape index (κ1) is 14.4. The van der Waals surface area contributed by atoms with Gasteiger partial charge in [-0.15, -0.1) is 0 Å². The summed E-state index contributed by atoms with van der Waals surface area (Å²) in [6.07, 6.45) is 1.51. The third-order valence-electron chi connectivity index (χ3n) is 3.65. The molecule has 1 aliphatic heterocycles. The summed E-state index contributed by atoms with van der Waals surface area (Å²) in [5.41, 5.74) is 0.422. The fraction of sp³-hybridized carbons (Fsp3) is 0.375. The molecule has 0 aliphatic carbocycles. The van der Waals surface area contributed by atoms with Crippen LogP contribution in [0.2, 0.25) is 0 Å². The van der Waals surface area contributed by atoms with Crippen LogP contribution in [-0.4, -0.2) is 23.3 Å². The lowest BCUT2D eigenvalue weighted by Crippen LogP contribution is -2.32. The van der Waals surface area contributed by atoms with Crippen molar-refractivity contribution in [1.29, 1.82) is 0 Å². The molecule has 6 nitrogen and oxygen atoms in total. The summed E-state index contributed by atoms with van der Waals surface area (Å²) in [5, 5.41) is 9.35. The van der Waals surface area contributed by atoms with Gasteiger partial charge in [0.25, 0.3) is 0 Å². The molecule has 6 heteroatoms. The van der Waals surface area contributed by atoms with Gasteiger partial charge in [-0.25, -0.2) is 9.59 Å². The molecule has 0 bridgehead atoms. The van der Waals surface area contributed by atoms with Crippen LogP contribution >= 0.6 is 0 Å². The Morgan fingerprint density at radius 1 is 1.41 bits per heavy atom. The number of carbonyl (C=O) groups is 1. The lowest BCUT2D eigenvalue weighted by atomic mass is 9.93. The number of aliphatic carboxylic acids is 1. The molecule has 22 heavy (non-hydrogen) atoms. The van der Waals surface area contributed by atoms with Crippen LogP contribution in [0.5, 0.6) is 11.5 Å². The maximum Gasteiger partial charge on any atom is 0.341 e. The van der Waals surface area contributed by atoms with E-state index in [4.69, 9.17) is 19.0 Å². The maximum atomic E-state index is 11.5. The molecule has 3 rings (SSSR count). The quantitative estimate of drug-likeness (QED) is 0.876. The van der Waals surface area contributed by atoms with E-state index >= 15 is 0 Å². The van der Waals surface area contributed by atoms with Gasteiger partial charge in [-0.1, -0.05) is 0 Å². The molecule has 2 heterocycles. The van der Waals surface area contributed by atoms with Crippen molar-refractivity contribution in [3.63, 3.8) is 0 Å². The molecule has 116 valence electrons. The number of hydrogen-bond acceptors (Lipinski definition) is 5. The zero-order chi connectivity index (χ0) is 15.9. The number of benzene rings is 1. The Bertz CT molecular complexity index is 802. The van der Waals surface area contributed by atoms with Crippen LogP contribution in [0.4, 0.5) is 0 Å². The highest BCUT2D eigenvalue weighted by atomic mass is 16.5. The second-order valence-electron chi connectivity index (χ2n) is 5.89. The summed E-state index contributed by atoms with van der Waals surface area (Å²) >= 11 is 0. The minimum Gasteiger partial charge on any atom is -0.487 e. The highest BCUT2D eigenvalue weighted by Gasteiger charge is 2.30. The van der Waals surface area contributed by atoms with Crippen molar-refractivity contribution in [3.8, 4) is 11.5 Å². The SMILES string of the molecule is CC1(C)CCc2c(cc(OCC(=O)O)c3ccc(=O)oc23)O1. The van der Waals surface area contributed by atoms with E-state index in [0.717, 1.165) is 12.0 Å². The van der Waals surface area contributed by atoms with E-state index in [1.165, 1.54) is 6.07 Å². The largest absolute Gasteiger partial charge is 0.487 e. The van der Waals surface area contributed by atoms with Crippen LogP contribution in [0.3, 0.4) is 0 Å². The molecule has 1 aromatic heterocycles. The summed E-state index contributed by atoms with van der Waals surface area (Å²) in [5.74, 6) is -0.180. The molecule has 0 radical (unpaired) electrons. The van der Waals surface area contributed by atoms with Crippen LogP contribution in [0.1, 0.15) is 25.8 Å². The highest BCUT2D eigenvalue weighted by molar-refractivity contribution is 5.89. The standard InChI is InChI=1S/C16H16O6/c1-16(2)6-5-10-12(22-16)7-11(20-8-13(17)18)9-3-4-14(19)21-15(9)10/h3-4,7H,5-6,8H2,1-2H3,(H,17,18). The van der Waals surface area contributed by atoms with Gasteiger partial charge in [0.1, 0.15) is 22.7 Å². The number of rotatable bonds is 3. The minimum absolute atomic E-state index is 0.331. The van der Waals surface area contributed by atoms with E-state index in [1.54, 1.807) is 12.1 Å². The number of hydrogen-bond donors (Lipinski definition) is 1. The molecule has 2 aromatic rings. The van der Waals surface area contributed by atoms with E-state index < -0.39 is 18.2 Å². The molecular formula is C16H16O6. The van der Waals surface area contributed by atoms with Crippen LogP contribution in [0.25, 0.3) is 11.0 Å². The third-order valence-corrected chi connectivity index (χ3v) is 3.65. The van der Waals surface area contributed by atoms with E-state index in [0.29, 0.717) is 28.9 Å². The van der Waals surface area contributed by atoms with Gasteiger partial charge in [-0.3, -0.25) is 0 Å². The minimum atomic E-state index is -1.08. The molecule has 0 saturated carbocycles. The van der Waals surface area contributed by atoms with Crippen LogP contribution in [0, 0.1) is 0 Å². The van der Waals surface area contributed by atoms with Crippen molar-refractivity contribution >= 4 is 16.9 Å². The normalized spacial score (nSPS) is 15.9. The van der Waals surface area contributed by atoms with Crippen LogP contribution < -0.4 is 15.1 Å². The topological polar surface area (TPSA) is 86.0 Å². The van der Waals surface area contributed by atoms with Crippen molar-refractivity contribution in [3.05, 3.63) is 34.2 Å². The summed E-state index contributed by atoms with van der Waals surface area (Å²) in [6.45, 7) is 3.47. The Morgan fingerprint density at radius 3 is 2.91 bits per heavy atom. The monoisotopic (exact) mass is 304 g/mol. The molecule has 0 fully saturated rings. The summed E-state index contributed by atoms with van der Waals surface area (Å²) < 4.78 is 16.6. The molecule has 0 unspecified atom stereocenters. The summed E-state index contributed by atoms with van der Waals surface area (Å²) in [4.78, 5) is 22.3. The summed E-state index contributed by atoms with van der Waals surface area (Å²) in [6, 6.07) is 4.54. The fourth-order valence-electron chi connectivity index (χ4n) is 2.59. The molecule has 0 spiro atoms. The van der Waals surface area contributed by atoms with Crippen LogP contribution in [0.15, 0.2) is 27.4 Å². The summed E-state index contributed by atoms with van der Waals surface area (Å²) in [7, 11) is 0. The van der Waals surface area contributed by atoms with Gasteiger partial charge in [0.05, 0.1) is 5.39 Å². The third kappa shape index (κ3) is 2.64. The van der Waals surface area contributed by atoms with Crippen molar-refractivity contribution in [2.45, 2.75) is 32.3 Å². The highest BCUT2D eigenvalue weighted by Crippen LogP contribution is 2.41. The molecule has 1 aromatic carbocycles. The average molecular weight is 304 g/mol. The van der Waals surface area contributed by atoms with Gasteiger partial charge in [0.15, 0.2) is 6.61 Å². The number of carboxylic acid groups (broad SMARTS) is 1. The van der Waals surface area contributed by atoms with Gasteiger partial charge in [-0.05, 0) is 32.8 Å². The number of aryl methyl sites for hydroxylation is 1. The van der Waals surface area contributed by atoms with Crippen molar-refractivity contribution in [2.24, 2.45) is 0 Å². The van der Waals surface area contributed by atoms with E-state index in [9.17, 15) is 9.59 Å². The van der Waals surface area contributed by atoms with Crippen molar-refractivity contribution < 1.29 is 23.8 Å². The van der Waals surface area contributed by atoms with Gasteiger partial charge >= 0.3 is 11.6 Å². The Kier molecular flexibility index (Phi) is 3.31. The molecule has 1 aliphatic rings. The first-order valence-corrected chi connectivity index (χ1v) is 6.99. The van der Waals surface area contributed by atoms with Crippen LogP contribution in [-0.2, 0) is 11.2 Å². The molecule has 0 atom stereocenters. The maximum absolute atomic E-state index is 11.5. The predicted molar refractivity (Wildman–Crippen MR) is 78.6 cm³/mol. The lowest BCUT2D eigenvalue weighted by Gasteiger charge is -2.33. The Labute approximate surface area is 126 Å². The predicted octanol–water partition coefficient (Wildman–Crippen LogP) is 2.36. The fourth-order valence-corrected chi connectivity index (χ4v) is 2.59. The molecular weight excluding hydrogens is 288 g/mol. The second kappa shape index (κ2) is 5.05. The number of ether oxygens (including phenoxy) is 2. The van der Waals surface area contributed by atoms with Gasteiger partial charge in [0, 0.05) is 17.7 Å². The number of fused-ring (bicyclic) bond motifs is 3. The Balaban J connectivity index is 2.19. The number of carboxylic acids is 1. The molecule has 0 saturated heterocycles. The van der Waals surface area contributed by atoms with E-state index in [1.807, 2.05) is 13.8 Å². The van der Waals surface area contributed by atoms with Gasteiger partial charge < -0.3 is 19.0 Å². The Hall–Kier alpha value is -2.50. The van der Waals surface area contributed by atoms with Gasteiger partial charge in [-0.2, -0.15) is 0 Å². The lowest BCUT2D eigenvalue weighted by molar-refractivity contribution is -0.139. The smallest absolute Gasteiger partial charge is 0.341 e. The zero-order valence-electron chi connectivity index (χ0n) is 12.3. The zero-order valence-corrected chi connectivity index (χ0v) is 12.3. The van der Waals surface area contributed by atoms with Gasteiger partial charge in [0.2, 0.25) is 0 Å². The van der Waals surface area contributed by atoms with Crippen molar-refractivity contribution in [1.82, 2.24) is 0 Å². The van der Waals surface area contributed by atoms with E-state index in [2.05, 4.69) is 0 Å².